The fourth-order valence-electron chi connectivity index (χ4n) is 7.54. The number of hydrogen-bond acceptors (Lipinski definition) is 7. The van der Waals surface area contributed by atoms with Gasteiger partial charge < -0.3 is 19.4 Å². The van der Waals surface area contributed by atoms with E-state index in [0.29, 0.717) is 12.3 Å². The van der Waals surface area contributed by atoms with Gasteiger partial charge in [-0.1, -0.05) is 0 Å². The van der Waals surface area contributed by atoms with Gasteiger partial charge in [0.2, 0.25) is 11.8 Å². The number of likely N-dealkylation sites (tertiary alicyclic amines) is 2. The Hall–Kier alpha value is -3.34. The lowest BCUT2D eigenvalue weighted by Gasteiger charge is -2.44. The quantitative estimate of drug-likeness (QED) is 0.530. The van der Waals surface area contributed by atoms with Gasteiger partial charge in [-0.25, -0.2) is 9.59 Å². The van der Waals surface area contributed by atoms with Gasteiger partial charge >= 0.3 is 11.8 Å². The van der Waals surface area contributed by atoms with Crippen LogP contribution in [0.25, 0.3) is 11.0 Å². The topological polar surface area (TPSA) is 109 Å². The van der Waals surface area contributed by atoms with E-state index in [1.54, 1.807) is 16.2 Å². The number of aryl methyl sites for hydroxylation is 1. The van der Waals surface area contributed by atoms with Crippen molar-refractivity contribution in [1.82, 2.24) is 24.3 Å². The molecule has 2 aromatic rings. The summed E-state index contributed by atoms with van der Waals surface area (Å²) in [6.45, 7) is 12.7. The maximum Gasteiger partial charge on any atom is 0.410 e. The molecule has 6 rings (SSSR count). The number of benzene rings is 1. The molecule has 0 spiro atoms. The number of carbonyl (C=O) groups excluding carboxylic acids is 3. The first-order valence-electron chi connectivity index (χ1n) is 16.0. The summed E-state index contributed by atoms with van der Waals surface area (Å²) in [6.07, 6.45) is 5.22. The highest BCUT2D eigenvalue weighted by Crippen LogP contribution is 2.35. The Labute approximate surface area is 253 Å². The Morgan fingerprint density at radius 3 is 2.21 bits per heavy atom. The average Bonchev–Trinajstić information content (AvgIpc) is 3.19. The summed E-state index contributed by atoms with van der Waals surface area (Å²) in [7, 11) is 1.75. The van der Waals surface area contributed by atoms with Crippen LogP contribution in [-0.2, 0) is 21.4 Å². The first-order valence-corrected chi connectivity index (χ1v) is 16.0. The maximum atomic E-state index is 13.1. The molecule has 1 aromatic carbocycles. The zero-order valence-corrected chi connectivity index (χ0v) is 26.0. The molecule has 5 heterocycles. The first kappa shape index (κ1) is 29.7. The highest BCUT2D eigenvalue weighted by atomic mass is 16.6. The normalized spacial score (nSPS) is 23.5. The molecule has 1 atom stereocenters. The van der Waals surface area contributed by atoms with Gasteiger partial charge in [0.1, 0.15) is 11.6 Å². The molecular weight excluding hydrogens is 548 g/mol. The van der Waals surface area contributed by atoms with Crippen molar-refractivity contribution in [3.63, 3.8) is 0 Å². The average molecular weight is 595 g/mol. The molecule has 11 heteroatoms. The molecule has 4 fully saturated rings. The van der Waals surface area contributed by atoms with E-state index < -0.39 is 17.6 Å². The zero-order valence-electron chi connectivity index (χ0n) is 26.0. The smallest absolute Gasteiger partial charge is 0.410 e. The Kier molecular flexibility index (Phi) is 8.04. The third-order valence-electron chi connectivity index (χ3n) is 9.92. The number of imidazole rings is 1. The van der Waals surface area contributed by atoms with Crippen molar-refractivity contribution in [3.05, 3.63) is 28.7 Å². The predicted octanol–water partition coefficient (Wildman–Crippen LogP) is 3.11. The van der Waals surface area contributed by atoms with E-state index in [4.69, 9.17) is 4.74 Å². The Morgan fingerprint density at radius 1 is 0.930 bits per heavy atom. The highest BCUT2D eigenvalue weighted by molar-refractivity contribution is 6.00. The molecule has 0 bridgehead atoms. The van der Waals surface area contributed by atoms with Crippen molar-refractivity contribution >= 4 is 34.6 Å². The van der Waals surface area contributed by atoms with E-state index in [-0.39, 0.29) is 24.1 Å². The maximum absolute atomic E-state index is 13.1. The van der Waals surface area contributed by atoms with Crippen LogP contribution in [0.15, 0.2) is 23.0 Å². The molecule has 4 aliphatic heterocycles. The number of nitrogens with one attached hydrogen (secondary N) is 1. The van der Waals surface area contributed by atoms with Crippen LogP contribution in [0.5, 0.6) is 0 Å². The third kappa shape index (κ3) is 6.18. The molecule has 4 aliphatic rings. The minimum Gasteiger partial charge on any atom is -0.444 e. The van der Waals surface area contributed by atoms with Crippen LogP contribution in [0.2, 0.25) is 0 Å². The van der Waals surface area contributed by atoms with Crippen molar-refractivity contribution in [2.24, 2.45) is 24.8 Å². The van der Waals surface area contributed by atoms with E-state index in [2.05, 4.69) is 27.2 Å². The van der Waals surface area contributed by atoms with E-state index in [1.165, 1.54) is 25.7 Å². The van der Waals surface area contributed by atoms with E-state index >= 15 is 0 Å². The number of amides is 3. The van der Waals surface area contributed by atoms with Gasteiger partial charge in [0.25, 0.3) is 0 Å². The number of piperidine rings is 3. The van der Waals surface area contributed by atoms with Gasteiger partial charge in [0.05, 0.1) is 11.0 Å². The molecule has 1 aromatic heterocycles. The van der Waals surface area contributed by atoms with Gasteiger partial charge in [0, 0.05) is 57.8 Å². The second-order valence-electron chi connectivity index (χ2n) is 14.1. The summed E-state index contributed by atoms with van der Waals surface area (Å²) in [4.78, 5) is 56.3. The number of nitrogens with zero attached hydrogens (tertiary/aromatic N) is 5. The zero-order chi connectivity index (χ0) is 30.5. The lowest BCUT2D eigenvalue weighted by atomic mass is 9.78. The second kappa shape index (κ2) is 11.6. The number of fused-ring (bicyclic) bond motifs is 1. The van der Waals surface area contributed by atoms with Crippen LogP contribution in [0.4, 0.5) is 10.5 Å². The number of imide groups is 1. The van der Waals surface area contributed by atoms with Crippen molar-refractivity contribution in [3.8, 4) is 0 Å². The van der Waals surface area contributed by atoms with Gasteiger partial charge in [-0.3, -0.25) is 24.0 Å². The molecule has 3 amide bonds. The van der Waals surface area contributed by atoms with E-state index in [0.717, 1.165) is 74.4 Å². The summed E-state index contributed by atoms with van der Waals surface area (Å²) in [5.41, 5.74) is 1.97. The number of carbonyl (C=O) groups is 3. The molecule has 0 saturated carbocycles. The summed E-state index contributed by atoms with van der Waals surface area (Å²) in [5, 5.41) is 2.38. The second-order valence-corrected chi connectivity index (χ2v) is 14.1. The summed E-state index contributed by atoms with van der Waals surface area (Å²) >= 11 is 0. The SMILES string of the molecule is Cn1c(=O)n(C2CCC(=O)NC2=O)c2ccc(N3CCC(C4CCN(CC5CN(C(=O)OC(C)(C)C)C5)CC4)CC3)cc21. The van der Waals surface area contributed by atoms with Crippen LogP contribution in [-0.4, -0.2) is 88.3 Å². The van der Waals surface area contributed by atoms with Gasteiger partial charge in [-0.05, 0) is 96.0 Å². The molecule has 1 unspecified atom stereocenters. The standard InChI is InChI=1S/C32H46N6O5/c1-32(2,3)43-31(42)37-19-21(20-37)18-35-13-9-22(10-14-35)23-11-15-36(16-12-23)24-5-6-25-27(17-24)34(4)30(41)38(25)26-7-8-28(39)33-29(26)40/h5-6,17,21-23,26H,7-16,18-20H2,1-4H3,(H,33,39,40). The molecule has 0 aliphatic carbocycles. The summed E-state index contributed by atoms with van der Waals surface area (Å²) < 4.78 is 8.64. The Balaban J connectivity index is 0.989. The summed E-state index contributed by atoms with van der Waals surface area (Å²) in [6, 6.07) is 5.42. The van der Waals surface area contributed by atoms with Crippen LogP contribution in [0.1, 0.15) is 65.3 Å². The molecule has 234 valence electrons. The lowest BCUT2D eigenvalue weighted by Crippen LogP contribution is -2.55. The van der Waals surface area contributed by atoms with Crippen molar-refractivity contribution in [1.29, 1.82) is 0 Å². The fraction of sp³-hybridized carbons (Fsp3) is 0.688. The van der Waals surface area contributed by atoms with E-state index in [9.17, 15) is 19.2 Å². The summed E-state index contributed by atoms with van der Waals surface area (Å²) in [5.74, 6) is 1.36. The molecule has 4 saturated heterocycles. The third-order valence-corrected chi connectivity index (χ3v) is 9.92. The first-order chi connectivity index (χ1) is 20.5. The number of aromatic nitrogens is 2. The van der Waals surface area contributed by atoms with E-state index in [1.807, 2.05) is 31.7 Å². The Bertz CT molecular complexity index is 1430. The number of ether oxygens (including phenoxy) is 1. The van der Waals surface area contributed by atoms with Gasteiger partial charge in [-0.15, -0.1) is 0 Å². The number of anilines is 1. The minimum absolute atomic E-state index is 0.191. The van der Waals surface area contributed by atoms with Crippen LogP contribution >= 0.6 is 0 Å². The minimum atomic E-state index is -0.664. The molecule has 1 N–H and O–H groups in total. The van der Waals surface area contributed by atoms with Gasteiger partial charge in [-0.2, -0.15) is 0 Å². The van der Waals surface area contributed by atoms with Crippen molar-refractivity contribution in [2.75, 3.05) is 50.7 Å². The Morgan fingerprint density at radius 2 is 1.58 bits per heavy atom. The van der Waals surface area contributed by atoms with Crippen LogP contribution in [0, 0.1) is 17.8 Å². The van der Waals surface area contributed by atoms with Crippen LogP contribution < -0.4 is 15.9 Å². The van der Waals surface area contributed by atoms with Gasteiger partial charge in [0.15, 0.2) is 0 Å². The molecule has 43 heavy (non-hydrogen) atoms. The fourth-order valence-corrected chi connectivity index (χ4v) is 7.54. The van der Waals surface area contributed by atoms with Crippen LogP contribution in [0.3, 0.4) is 0 Å². The molecule has 11 nitrogen and oxygen atoms in total. The van der Waals surface area contributed by atoms with Crippen molar-refractivity contribution < 1.29 is 19.1 Å². The number of rotatable bonds is 5. The monoisotopic (exact) mass is 594 g/mol. The molecule has 0 radical (unpaired) electrons. The lowest BCUT2D eigenvalue weighted by molar-refractivity contribution is -0.135. The predicted molar refractivity (Wildman–Crippen MR) is 164 cm³/mol. The highest BCUT2D eigenvalue weighted by Gasteiger charge is 2.36. The molecular formula is C32H46N6O5. The number of hydrogen-bond donors (Lipinski definition) is 1. The largest absolute Gasteiger partial charge is 0.444 e. The van der Waals surface area contributed by atoms with Crippen molar-refractivity contribution in [2.45, 2.75) is 70.9 Å².